The first-order valence-corrected chi connectivity index (χ1v) is 6.08. The van der Waals surface area contributed by atoms with E-state index in [1.165, 1.54) is 6.07 Å². The average Bonchev–Trinajstić information content (AvgIpc) is 2.37. The van der Waals surface area contributed by atoms with Crippen molar-refractivity contribution in [3.8, 4) is 11.5 Å². The molecule has 0 aromatic heterocycles. The summed E-state index contributed by atoms with van der Waals surface area (Å²) in [5, 5.41) is 12.2. The topological polar surface area (TPSA) is 84.6 Å². The molecule has 0 aliphatic heterocycles. The van der Waals surface area contributed by atoms with Crippen molar-refractivity contribution in [2.24, 2.45) is 0 Å². The minimum Gasteiger partial charge on any atom is -0.506 e. The minimum absolute atomic E-state index is 0.0482. The van der Waals surface area contributed by atoms with Crippen molar-refractivity contribution in [1.82, 2.24) is 5.32 Å². The first-order chi connectivity index (χ1) is 8.58. The van der Waals surface area contributed by atoms with Crippen molar-refractivity contribution in [3.05, 3.63) is 18.2 Å². The Labute approximate surface area is 107 Å². The number of carbonyl (C=O) groups is 1. The van der Waals surface area contributed by atoms with Gasteiger partial charge >= 0.3 is 0 Å². The maximum absolute atomic E-state index is 11.6. The Morgan fingerprint density at radius 3 is 2.72 bits per heavy atom. The lowest BCUT2D eigenvalue weighted by Crippen LogP contribution is -2.37. The maximum Gasteiger partial charge on any atom is 0.258 e. The molecule has 0 unspecified atom stereocenters. The highest BCUT2D eigenvalue weighted by Gasteiger charge is 2.10. The zero-order valence-corrected chi connectivity index (χ0v) is 10.8. The van der Waals surface area contributed by atoms with Crippen LogP contribution in [0.3, 0.4) is 0 Å². The maximum atomic E-state index is 11.6. The van der Waals surface area contributed by atoms with Gasteiger partial charge in [-0.3, -0.25) is 4.79 Å². The molecular weight excluding hydrogens is 232 g/mol. The smallest absolute Gasteiger partial charge is 0.258 e. The fourth-order valence-corrected chi connectivity index (χ4v) is 1.56. The Hall–Kier alpha value is -1.91. The van der Waals surface area contributed by atoms with E-state index >= 15 is 0 Å². The van der Waals surface area contributed by atoms with Crippen molar-refractivity contribution in [2.45, 2.75) is 32.7 Å². The highest BCUT2D eigenvalue weighted by atomic mass is 16.5. The molecular formula is C13H20N2O3. The number of benzene rings is 1. The molecule has 0 fully saturated rings. The van der Waals surface area contributed by atoms with Gasteiger partial charge in [-0.25, -0.2) is 0 Å². The number of para-hydroxylation sites is 1. The Morgan fingerprint density at radius 2 is 2.11 bits per heavy atom. The first kappa shape index (κ1) is 14.2. The van der Waals surface area contributed by atoms with Crippen LogP contribution in [0, 0.1) is 0 Å². The second-order valence-corrected chi connectivity index (χ2v) is 4.06. The number of ether oxygens (including phenoxy) is 1. The number of aromatic hydroxyl groups is 1. The van der Waals surface area contributed by atoms with E-state index in [9.17, 15) is 9.90 Å². The van der Waals surface area contributed by atoms with Crippen LogP contribution in [0.4, 0.5) is 5.69 Å². The number of carbonyl (C=O) groups excluding carboxylic acids is 1. The normalized spacial score (nSPS) is 10.4. The molecule has 0 heterocycles. The summed E-state index contributed by atoms with van der Waals surface area (Å²) in [5.41, 5.74) is 5.76. The van der Waals surface area contributed by atoms with E-state index in [0.717, 1.165) is 12.8 Å². The van der Waals surface area contributed by atoms with Crippen LogP contribution in [0.2, 0.25) is 0 Å². The van der Waals surface area contributed by atoms with Gasteiger partial charge in [-0.05, 0) is 25.0 Å². The number of phenols is 1. The molecule has 1 aromatic carbocycles. The SMILES string of the molecule is CCC(CC)NC(=O)COc1cccc(O)c1N. The predicted molar refractivity (Wildman–Crippen MR) is 70.5 cm³/mol. The third-order valence-electron chi connectivity index (χ3n) is 2.75. The van der Waals surface area contributed by atoms with E-state index in [-0.39, 0.29) is 30.0 Å². The molecule has 0 atom stereocenters. The molecule has 0 saturated carbocycles. The molecule has 0 saturated heterocycles. The van der Waals surface area contributed by atoms with Gasteiger partial charge in [-0.1, -0.05) is 19.9 Å². The van der Waals surface area contributed by atoms with Gasteiger partial charge in [0.15, 0.2) is 6.61 Å². The zero-order chi connectivity index (χ0) is 13.5. The molecule has 4 N–H and O–H groups in total. The number of amides is 1. The summed E-state index contributed by atoms with van der Waals surface area (Å²) in [5.74, 6) is 0.0778. The molecule has 18 heavy (non-hydrogen) atoms. The molecule has 1 aromatic rings. The van der Waals surface area contributed by atoms with E-state index in [2.05, 4.69) is 5.32 Å². The van der Waals surface area contributed by atoms with Crippen LogP contribution >= 0.6 is 0 Å². The van der Waals surface area contributed by atoms with Crippen molar-refractivity contribution in [1.29, 1.82) is 0 Å². The van der Waals surface area contributed by atoms with Crippen LogP contribution in [-0.2, 0) is 4.79 Å². The van der Waals surface area contributed by atoms with Gasteiger partial charge in [-0.2, -0.15) is 0 Å². The van der Waals surface area contributed by atoms with Crippen molar-refractivity contribution in [3.63, 3.8) is 0 Å². The summed E-state index contributed by atoms with van der Waals surface area (Å²) in [6.07, 6.45) is 1.77. The molecule has 0 spiro atoms. The van der Waals surface area contributed by atoms with Gasteiger partial charge in [0.1, 0.15) is 17.2 Å². The lowest BCUT2D eigenvalue weighted by Gasteiger charge is -2.15. The fraction of sp³-hybridized carbons (Fsp3) is 0.462. The van der Waals surface area contributed by atoms with Crippen LogP contribution in [0.1, 0.15) is 26.7 Å². The lowest BCUT2D eigenvalue weighted by atomic mass is 10.2. The lowest BCUT2D eigenvalue weighted by molar-refractivity contribution is -0.123. The second-order valence-electron chi connectivity index (χ2n) is 4.06. The number of hydrogen-bond acceptors (Lipinski definition) is 4. The average molecular weight is 252 g/mol. The first-order valence-electron chi connectivity index (χ1n) is 6.08. The third-order valence-corrected chi connectivity index (χ3v) is 2.75. The summed E-state index contributed by atoms with van der Waals surface area (Å²) in [6, 6.07) is 4.86. The molecule has 1 rings (SSSR count). The van der Waals surface area contributed by atoms with Crippen LogP contribution in [0.15, 0.2) is 18.2 Å². The van der Waals surface area contributed by atoms with Crippen molar-refractivity contribution in [2.75, 3.05) is 12.3 Å². The van der Waals surface area contributed by atoms with E-state index < -0.39 is 0 Å². The number of anilines is 1. The number of phenolic OH excluding ortho intramolecular Hbond substituents is 1. The van der Waals surface area contributed by atoms with E-state index in [4.69, 9.17) is 10.5 Å². The van der Waals surface area contributed by atoms with Gasteiger partial charge in [-0.15, -0.1) is 0 Å². The summed E-state index contributed by atoms with van der Waals surface area (Å²) in [6.45, 7) is 3.93. The molecule has 0 aliphatic rings. The van der Waals surface area contributed by atoms with Crippen LogP contribution in [-0.4, -0.2) is 23.7 Å². The summed E-state index contributed by atoms with van der Waals surface area (Å²) < 4.78 is 5.27. The molecule has 5 heteroatoms. The molecule has 0 bridgehead atoms. The van der Waals surface area contributed by atoms with Crippen LogP contribution in [0.25, 0.3) is 0 Å². The summed E-state index contributed by atoms with van der Waals surface area (Å²) in [4.78, 5) is 11.6. The number of nitrogen functional groups attached to an aromatic ring is 1. The van der Waals surface area contributed by atoms with Gasteiger partial charge in [0.25, 0.3) is 5.91 Å². The molecule has 0 radical (unpaired) electrons. The summed E-state index contributed by atoms with van der Waals surface area (Å²) >= 11 is 0. The summed E-state index contributed by atoms with van der Waals surface area (Å²) in [7, 11) is 0. The monoisotopic (exact) mass is 252 g/mol. The predicted octanol–water partition coefficient (Wildman–Crippen LogP) is 1.66. The highest BCUT2D eigenvalue weighted by Crippen LogP contribution is 2.29. The van der Waals surface area contributed by atoms with Crippen LogP contribution in [0.5, 0.6) is 11.5 Å². The molecule has 100 valence electrons. The van der Waals surface area contributed by atoms with Crippen molar-refractivity contribution >= 4 is 11.6 Å². The van der Waals surface area contributed by atoms with E-state index in [1.807, 2.05) is 13.8 Å². The van der Waals surface area contributed by atoms with E-state index in [1.54, 1.807) is 12.1 Å². The Morgan fingerprint density at radius 1 is 1.44 bits per heavy atom. The second kappa shape index (κ2) is 6.74. The molecule has 1 amide bonds. The molecule has 0 aliphatic carbocycles. The van der Waals surface area contributed by atoms with Crippen molar-refractivity contribution < 1.29 is 14.6 Å². The Bertz CT molecular complexity index is 403. The number of nitrogens with one attached hydrogen (secondary N) is 1. The highest BCUT2D eigenvalue weighted by molar-refractivity contribution is 5.78. The third kappa shape index (κ3) is 3.84. The van der Waals surface area contributed by atoms with Gasteiger partial charge in [0, 0.05) is 6.04 Å². The van der Waals surface area contributed by atoms with Gasteiger partial charge in [0.05, 0.1) is 0 Å². The van der Waals surface area contributed by atoms with E-state index in [0.29, 0.717) is 5.75 Å². The zero-order valence-electron chi connectivity index (χ0n) is 10.8. The standard InChI is InChI=1S/C13H20N2O3/c1-3-9(4-2)15-12(17)8-18-11-7-5-6-10(16)13(11)14/h5-7,9,16H,3-4,8,14H2,1-2H3,(H,15,17). The Kier molecular flexibility index (Phi) is 5.30. The molecule has 5 nitrogen and oxygen atoms in total. The Balaban J connectivity index is 2.50. The quantitative estimate of drug-likeness (QED) is 0.531. The number of rotatable bonds is 6. The van der Waals surface area contributed by atoms with Crippen LogP contribution < -0.4 is 15.8 Å². The minimum atomic E-state index is -0.188. The fourth-order valence-electron chi connectivity index (χ4n) is 1.56. The van der Waals surface area contributed by atoms with Gasteiger partial charge in [0.2, 0.25) is 0 Å². The van der Waals surface area contributed by atoms with Gasteiger partial charge < -0.3 is 20.9 Å². The number of nitrogens with two attached hydrogens (primary N) is 1. The number of hydrogen-bond donors (Lipinski definition) is 3. The largest absolute Gasteiger partial charge is 0.506 e.